The Morgan fingerprint density at radius 1 is 0.438 bits per heavy atom. The largest absolute Gasteiger partial charge is 0.397 e. The van der Waals surface area contributed by atoms with Gasteiger partial charge in [0.15, 0.2) is 44.0 Å². The lowest BCUT2D eigenvalue weighted by molar-refractivity contribution is -0.349. The molecule has 7 rings (SSSR count). The van der Waals surface area contributed by atoms with Crippen molar-refractivity contribution in [3.05, 3.63) is 0 Å². The molecule has 0 spiro atoms. The van der Waals surface area contributed by atoms with Crippen molar-refractivity contribution in [1.82, 2.24) is 0 Å². The number of rotatable bonds is 22. The van der Waals surface area contributed by atoms with Crippen molar-refractivity contribution in [2.75, 3.05) is 53.4 Å². The highest BCUT2D eigenvalue weighted by atomic mass is 32.3. The zero-order valence-corrected chi connectivity index (χ0v) is 45.5. The van der Waals surface area contributed by atoms with Gasteiger partial charge in [-0.05, 0) is 0 Å². The van der Waals surface area contributed by atoms with Gasteiger partial charge < -0.3 is 119 Å². The van der Waals surface area contributed by atoms with Gasteiger partial charge in [0.2, 0.25) is 0 Å². The van der Waals surface area contributed by atoms with Crippen molar-refractivity contribution in [3.8, 4) is 0 Å². The first kappa shape index (κ1) is 66.2. The summed E-state index contributed by atoms with van der Waals surface area (Å²) in [5.41, 5.74) is 18.9. The Labute approximate surface area is 458 Å². The standard InChI is InChI=1S/C41H73N3O33S3/c1-14-7-62-25(4-16(14)45)75-35-22(11-66-78(52,53)54)72-39(28(42)32(35)49)69-19-8-63-26(5-17(19)46)76-36-23(12-67-79(55,56)57)73-40(29(43)33(36)50)70-20-9-64-27(6-18(20)47)77-37-24(13-68-80(58,59)60)74-41(30(44)34(37)51)71-21-10-65-38(61-3)15(2)31(21)48/h14-41,45-51H,4-13,42-44H2,1-3H3,(H,52,53,54)(H,55,56,57)(H,58,59,60)/t14-,15?,16+,17+,18+,19-,20-,21-,22?,23?,24?,25+,26+,27+,28?,29?,30?,31+,32-,33-,34-,35+,36-,37+,38-,39-,40+,41+/m1/s1. The minimum atomic E-state index is -5.17. The van der Waals surface area contributed by atoms with Crippen LogP contribution in [0.1, 0.15) is 33.1 Å². The van der Waals surface area contributed by atoms with Crippen molar-refractivity contribution in [3.63, 3.8) is 0 Å². The third-order valence-corrected chi connectivity index (χ3v) is 15.7. The first-order valence-corrected chi connectivity index (χ1v) is 29.3. The summed E-state index contributed by atoms with van der Waals surface area (Å²) in [6.45, 7) is -0.742. The van der Waals surface area contributed by atoms with Crippen LogP contribution in [0.5, 0.6) is 0 Å². The molecule has 28 atom stereocenters. The summed E-state index contributed by atoms with van der Waals surface area (Å²) >= 11 is 0. The van der Waals surface area contributed by atoms with E-state index in [-0.39, 0.29) is 25.6 Å². The first-order chi connectivity index (χ1) is 37.4. The van der Waals surface area contributed by atoms with E-state index in [1.807, 2.05) is 0 Å². The molecule has 7 aliphatic rings. The van der Waals surface area contributed by atoms with Gasteiger partial charge in [0, 0.05) is 38.2 Å². The Bertz CT molecular complexity index is 2310. The van der Waals surface area contributed by atoms with Gasteiger partial charge in [-0.25, -0.2) is 12.5 Å². The van der Waals surface area contributed by atoms with E-state index in [1.165, 1.54) is 7.11 Å². The van der Waals surface area contributed by atoms with Crippen LogP contribution in [0, 0.1) is 11.8 Å². The number of nitrogens with two attached hydrogens (primary N) is 3. The van der Waals surface area contributed by atoms with Crippen LogP contribution in [-0.2, 0) is 110 Å². The van der Waals surface area contributed by atoms with Crippen molar-refractivity contribution < 1.29 is 154 Å². The number of hydrogen-bond donors (Lipinski definition) is 13. The molecule has 0 aliphatic carbocycles. The number of ether oxygens (including phenoxy) is 14. The minimum Gasteiger partial charge on any atom is -0.393 e. The van der Waals surface area contributed by atoms with Gasteiger partial charge in [0.05, 0.1) is 88.8 Å². The second-order valence-electron chi connectivity index (χ2n) is 20.3. The molecule has 0 saturated carbocycles. The second kappa shape index (κ2) is 28.0. The molecule has 0 radical (unpaired) electrons. The van der Waals surface area contributed by atoms with Gasteiger partial charge in [-0.1, -0.05) is 13.8 Å². The number of methoxy groups -OCH3 is 1. The van der Waals surface area contributed by atoms with Crippen molar-refractivity contribution in [1.29, 1.82) is 0 Å². The van der Waals surface area contributed by atoms with Crippen molar-refractivity contribution in [2.24, 2.45) is 29.0 Å². The van der Waals surface area contributed by atoms with Gasteiger partial charge in [-0.15, -0.1) is 0 Å². The van der Waals surface area contributed by atoms with E-state index in [4.69, 9.17) is 83.5 Å². The molecule has 7 heterocycles. The molecule has 468 valence electrons. The molecule has 7 saturated heterocycles. The summed E-state index contributed by atoms with van der Waals surface area (Å²) in [5.74, 6) is -0.837. The maximum Gasteiger partial charge on any atom is 0.397 e. The predicted octanol–water partition coefficient (Wildman–Crippen LogP) is -8.05. The van der Waals surface area contributed by atoms with Crippen LogP contribution in [0.15, 0.2) is 0 Å². The Morgan fingerprint density at radius 3 is 1.09 bits per heavy atom. The normalized spacial score (nSPS) is 46.5. The average Bonchev–Trinajstić information content (AvgIpc) is 3.43. The van der Waals surface area contributed by atoms with E-state index in [2.05, 4.69) is 12.5 Å². The smallest absolute Gasteiger partial charge is 0.393 e. The van der Waals surface area contributed by atoms with E-state index < -0.39 is 243 Å². The fourth-order valence-electron chi connectivity index (χ4n) is 9.81. The summed E-state index contributed by atoms with van der Waals surface area (Å²) in [4.78, 5) is 0. The summed E-state index contributed by atoms with van der Waals surface area (Å²) in [6.07, 6.45) is -34.1. The van der Waals surface area contributed by atoms with Crippen LogP contribution in [0.2, 0.25) is 0 Å². The van der Waals surface area contributed by atoms with E-state index >= 15 is 0 Å². The Morgan fingerprint density at radius 2 is 0.762 bits per heavy atom. The monoisotopic (exact) mass is 1230 g/mol. The fourth-order valence-corrected chi connectivity index (χ4v) is 10.7. The van der Waals surface area contributed by atoms with Gasteiger partial charge in [-0.2, -0.15) is 25.3 Å². The van der Waals surface area contributed by atoms with Gasteiger partial charge in [0.25, 0.3) is 0 Å². The molecule has 7 unspecified atom stereocenters. The molecular weight excluding hydrogens is 1160 g/mol. The topological polar surface area (TPSA) is 540 Å². The first-order valence-electron chi connectivity index (χ1n) is 25.2. The zero-order valence-electron chi connectivity index (χ0n) is 43.1. The van der Waals surface area contributed by atoms with Gasteiger partial charge >= 0.3 is 31.2 Å². The van der Waals surface area contributed by atoms with Crippen LogP contribution in [-0.4, -0.2) is 288 Å². The van der Waals surface area contributed by atoms with E-state index in [0.717, 1.165) is 0 Å². The number of aliphatic hydroxyl groups excluding tert-OH is 7. The zero-order chi connectivity index (χ0) is 58.8. The predicted molar refractivity (Wildman–Crippen MR) is 252 cm³/mol. The highest BCUT2D eigenvalue weighted by Gasteiger charge is 2.53. The average molecular weight is 1230 g/mol. The molecule has 80 heavy (non-hydrogen) atoms. The molecule has 16 N–H and O–H groups in total. The van der Waals surface area contributed by atoms with Gasteiger partial charge in [-0.3, -0.25) is 13.7 Å². The maximum atomic E-state index is 11.7. The van der Waals surface area contributed by atoms with Gasteiger partial charge in [0.1, 0.15) is 73.2 Å². The number of aliphatic hydroxyl groups is 7. The molecule has 0 aromatic heterocycles. The maximum absolute atomic E-state index is 11.7. The molecule has 7 fully saturated rings. The van der Waals surface area contributed by atoms with Crippen LogP contribution in [0.3, 0.4) is 0 Å². The third kappa shape index (κ3) is 17.4. The molecule has 0 bridgehead atoms. The summed E-state index contributed by atoms with van der Waals surface area (Å²) in [7, 11) is -13.9. The molecular formula is C41H73N3O33S3. The van der Waals surface area contributed by atoms with Crippen LogP contribution in [0.25, 0.3) is 0 Å². The lowest BCUT2D eigenvalue weighted by Gasteiger charge is -2.47. The quantitative estimate of drug-likeness (QED) is 0.0448. The summed E-state index contributed by atoms with van der Waals surface area (Å²) < 4.78 is 192. The third-order valence-electron chi connectivity index (χ3n) is 14.4. The summed E-state index contributed by atoms with van der Waals surface area (Å²) in [5, 5.41) is 77.8. The summed E-state index contributed by atoms with van der Waals surface area (Å²) in [6, 6.07) is -4.46. The van der Waals surface area contributed by atoms with E-state index in [1.54, 1.807) is 13.8 Å². The lowest BCUT2D eigenvalue weighted by Crippen LogP contribution is -2.66. The Kier molecular flexibility index (Phi) is 23.2. The molecule has 7 aliphatic heterocycles. The highest BCUT2D eigenvalue weighted by Crippen LogP contribution is 2.35. The van der Waals surface area contributed by atoms with Crippen LogP contribution < -0.4 is 17.2 Å². The molecule has 0 aromatic rings. The Balaban J connectivity index is 0.941. The van der Waals surface area contributed by atoms with E-state index in [9.17, 15) is 74.7 Å². The second-order valence-corrected chi connectivity index (χ2v) is 23.5. The van der Waals surface area contributed by atoms with Crippen molar-refractivity contribution >= 4 is 31.2 Å². The van der Waals surface area contributed by atoms with E-state index in [0.29, 0.717) is 0 Å². The molecule has 0 amide bonds. The Hall–Kier alpha value is -1.35. The SMILES string of the molecule is CO[C@@H]1OC[C@@H](O[C@H]2OC(COS(=O)(=O)O)[C@H](O[C@H]3C[C@H](O)[C@H](O[C@H]4OC(COS(=O)(=O)O)[C@@H](O[C@H]5C[C@H](O)[C@H](O[C@@H]6OC(COS(=O)(=O)O)[C@H](O[C@H]7C[C@H](O)[C@H](C)CO7)[C@H](O)C6N)CO5)[C@H](O)C4N)CO3)[C@H](O)C2N)[C@@H](O)C1C. The minimum absolute atomic E-state index is 0.0342. The van der Waals surface area contributed by atoms with Crippen LogP contribution in [0.4, 0.5) is 0 Å². The number of hydrogen-bond acceptors (Lipinski definition) is 33. The van der Waals surface area contributed by atoms with Crippen LogP contribution >= 0.6 is 0 Å². The highest BCUT2D eigenvalue weighted by molar-refractivity contribution is 7.81. The fraction of sp³-hybridized carbons (Fsp3) is 1.00. The molecule has 36 nitrogen and oxygen atoms in total. The van der Waals surface area contributed by atoms with Crippen molar-refractivity contribution in [2.45, 2.75) is 193 Å². The molecule has 0 aromatic carbocycles. The molecule has 39 heteroatoms. The lowest BCUT2D eigenvalue weighted by atomic mass is 9.95.